The van der Waals surface area contributed by atoms with Crippen molar-refractivity contribution in [2.45, 2.75) is 19.8 Å². The molecule has 1 atom stereocenters. The standard InChI is InChI=1S/C19H17NO4S/c1-11-7-8-25-17(11)5-6-18(22)24-10-16(21)13-3-4-15-14(9-13)12(2)19(23)20-15/h3-9,12H,10H2,1-2H3,(H,20,23)/b6-5+/t12-/m1/s1. The summed E-state index contributed by atoms with van der Waals surface area (Å²) in [5.41, 5.74) is 3.02. The molecule has 1 N–H and O–H groups in total. The molecular weight excluding hydrogens is 338 g/mol. The molecule has 1 aliphatic heterocycles. The first-order valence-electron chi connectivity index (χ1n) is 7.82. The summed E-state index contributed by atoms with van der Waals surface area (Å²) in [6.45, 7) is 3.41. The highest BCUT2D eigenvalue weighted by Crippen LogP contribution is 2.32. The molecule has 0 bridgehead atoms. The fourth-order valence-electron chi connectivity index (χ4n) is 2.56. The number of ketones is 1. The maximum absolute atomic E-state index is 12.2. The molecule has 0 radical (unpaired) electrons. The summed E-state index contributed by atoms with van der Waals surface area (Å²) in [6, 6.07) is 6.97. The number of esters is 1. The lowest BCUT2D eigenvalue weighted by molar-refractivity contribution is -0.136. The van der Waals surface area contributed by atoms with Crippen molar-refractivity contribution in [1.29, 1.82) is 0 Å². The maximum atomic E-state index is 12.2. The van der Waals surface area contributed by atoms with E-state index in [1.807, 2.05) is 18.4 Å². The SMILES string of the molecule is Cc1ccsc1/C=C/C(=O)OCC(=O)c1ccc2c(c1)[C@@H](C)C(=O)N2. The van der Waals surface area contributed by atoms with E-state index < -0.39 is 5.97 Å². The van der Waals surface area contributed by atoms with E-state index in [4.69, 9.17) is 4.74 Å². The molecule has 0 aliphatic carbocycles. The number of amides is 1. The van der Waals surface area contributed by atoms with Gasteiger partial charge in [-0.15, -0.1) is 11.3 Å². The van der Waals surface area contributed by atoms with Gasteiger partial charge >= 0.3 is 5.97 Å². The monoisotopic (exact) mass is 355 g/mol. The maximum Gasteiger partial charge on any atom is 0.331 e. The largest absolute Gasteiger partial charge is 0.454 e. The van der Waals surface area contributed by atoms with Gasteiger partial charge in [-0.3, -0.25) is 9.59 Å². The highest BCUT2D eigenvalue weighted by atomic mass is 32.1. The number of carbonyl (C=O) groups excluding carboxylic acids is 3. The summed E-state index contributed by atoms with van der Waals surface area (Å²) in [7, 11) is 0. The average Bonchev–Trinajstić information content (AvgIpc) is 3.14. The minimum atomic E-state index is -0.562. The van der Waals surface area contributed by atoms with Gasteiger partial charge in [-0.1, -0.05) is 0 Å². The van der Waals surface area contributed by atoms with Crippen molar-refractivity contribution in [3.63, 3.8) is 0 Å². The Labute approximate surface area is 149 Å². The number of nitrogens with one attached hydrogen (secondary N) is 1. The number of fused-ring (bicyclic) bond motifs is 1. The van der Waals surface area contributed by atoms with Gasteiger partial charge in [0.15, 0.2) is 12.4 Å². The highest BCUT2D eigenvalue weighted by Gasteiger charge is 2.27. The lowest BCUT2D eigenvalue weighted by atomic mass is 9.99. The highest BCUT2D eigenvalue weighted by molar-refractivity contribution is 7.11. The predicted molar refractivity (Wildman–Crippen MR) is 96.9 cm³/mol. The van der Waals surface area contributed by atoms with E-state index in [0.29, 0.717) is 5.56 Å². The topological polar surface area (TPSA) is 72.5 Å². The number of hydrogen-bond acceptors (Lipinski definition) is 5. The van der Waals surface area contributed by atoms with Crippen LogP contribution in [0.25, 0.3) is 6.08 Å². The van der Waals surface area contributed by atoms with Gasteiger partial charge in [0, 0.05) is 22.2 Å². The zero-order valence-electron chi connectivity index (χ0n) is 13.9. The van der Waals surface area contributed by atoms with Gasteiger partial charge in [0.25, 0.3) is 0 Å². The van der Waals surface area contributed by atoms with Crippen LogP contribution in [0.15, 0.2) is 35.7 Å². The Hall–Kier alpha value is -2.73. The van der Waals surface area contributed by atoms with Gasteiger partial charge in [-0.25, -0.2) is 4.79 Å². The zero-order valence-corrected chi connectivity index (χ0v) is 14.7. The third-order valence-electron chi connectivity index (χ3n) is 4.11. The van der Waals surface area contributed by atoms with Crippen molar-refractivity contribution < 1.29 is 19.1 Å². The normalized spacial score (nSPS) is 15.9. The van der Waals surface area contributed by atoms with Gasteiger partial charge in [0.1, 0.15) is 0 Å². The number of benzene rings is 1. The van der Waals surface area contributed by atoms with Crippen molar-refractivity contribution in [3.8, 4) is 0 Å². The van der Waals surface area contributed by atoms with Gasteiger partial charge < -0.3 is 10.1 Å². The zero-order chi connectivity index (χ0) is 18.0. The van der Waals surface area contributed by atoms with Gasteiger partial charge in [0.2, 0.25) is 5.91 Å². The Morgan fingerprint density at radius 3 is 2.84 bits per heavy atom. The summed E-state index contributed by atoms with van der Waals surface area (Å²) in [6.07, 6.45) is 3.00. The van der Waals surface area contributed by atoms with E-state index >= 15 is 0 Å². The molecule has 0 saturated heterocycles. The summed E-state index contributed by atoms with van der Waals surface area (Å²) in [4.78, 5) is 36.6. The molecule has 0 spiro atoms. The van der Waals surface area contributed by atoms with Crippen LogP contribution >= 0.6 is 11.3 Å². The molecule has 0 saturated carbocycles. The fraction of sp³-hybridized carbons (Fsp3) is 0.211. The molecule has 3 rings (SSSR count). The molecule has 1 aromatic carbocycles. The second kappa shape index (κ2) is 7.03. The fourth-order valence-corrected chi connectivity index (χ4v) is 3.38. The van der Waals surface area contributed by atoms with Crippen molar-refractivity contribution in [1.82, 2.24) is 0 Å². The van der Waals surface area contributed by atoms with Crippen LogP contribution in [0.3, 0.4) is 0 Å². The number of aryl methyl sites for hydroxylation is 1. The van der Waals surface area contributed by atoms with Crippen LogP contribution in [-0.4, -0.2) is 24.3 Å². The van der Waals surface area contributed by atoms with E-state index in [1.165, 1.54) is 17.4 Å². The summed E-state index contributed by atoms with van der Waals surface area (Å²) < 4.78 is 5.01. The van der Waals surface area contributed by atoms with Crippen LogP contribution in [0.4, 0.5) is 5.69 Å². The van der Waals surface area contributed by atoms with E-state index in [-0.39, 0.29) is 24.2 Å². The molecule has 25 heavy (non-hydrogen) atoms. The van der Waals surface area contributed by atoms with Crippen LogP contribution in [0, 0.1) is 6.92 Å². The molecule has 2 heterocycles. The Balaban J connectivity index is 1.60. The summed E-state index contributed by atoms with van der Waals surface area (Å²) in [5.74, 6) is -1.24. The van der Waals surface area contributed by atoms with Crippen LogP contribution in [0.1, 0.15) is 39.2 Å². The Kier molecular flexibility index (Phi) is 4.81. The number of anilines is 1. The van der Waals surface area contributed by atoms with Crippen molar-refractivity contribution >= 4 is 40.8 Å². The lowest BCUT2D eigenvalue weighted by Gasteiger charge is -2.06. The van der Waals surface area contributed by atoms with Crippen LogP contribution in [0.2, 0.25) is 0 Å². The van der Waals surface area contributed by atoms with Crippen LogP contribution in [0.5, 0.6) is 0 Å². The average molecular weight is 355 g/mol. The Morgan fingerprint density at radius 2 is 2.12 bits per heavy atom. The van der Waals surface area contributed by atoms with E-state index in [0.717, 1.165) is 21.7 Å². The summed E-state index contributed by atoms with van der Waals surface area (Å²) >= 11 is 1.53. The number of ether oxygens (including phenoxy) is 1. The number of carbonyl (C=O) groups is 3. The smallest absolute Gasteiger partial charge is 0.331 e. The first kappa shape index (κ1) is 17.1. The molecule has 128 valence electrons. The molecule has 5 nitrogen and oxygen atoms in total. The number of thiophene rings is 1. The number of hydrogen-bond donors (Lipinski definition) is 1. The molecule has 6 heteroatoms. The van der Waals surface area contributed by atoms with Crippen molar-refractivity contribution in [2.24, 2.45) is 0 Å². The molecule has 0 unspecified atom stereocenters. The number of rotatable bonds is 5. The van der Waals surface area contributed by atoms with E-state index in [9.17, 15) is 14.4 Å². The van der Waals surface area contributed by atoms with Crippen LogP contribution in [-0.2, 0) is 14.3 Å². The summed E-state index contributed by atoms with van der Waals surface area (Å²) in [5, 5.41) is 4.70. The minimum Gasteiger partial charge on any atom is -0.454 e. The predicted octanol–water partition coefficient (Wildman–Crippen LogP) is 3.55. The Bertz CT molecular complexity index is 881. The molecule has 1 aliphatic rings. The molecule has 0 fully saturated rings. The number of Topliss-reactive ketones (excluding diaryl/α,β-unsaturated/α-hetero) is 1. The van der Waals surface area contributed by atoms with E-state index in [2.05, 4.69) is 5.32 Å². The van der Waals surface area contributed by atoms with Crippen molar-refractivity contribution in [2.75, 3.05) is 11.9 Å². The van der Waals surface area contributed by atoms with Gasteiger partial charge in [-0.05, 0) is 60.7 Å². The second-order valence-corrected chi connectivity index (χ2v) is 6.79. The first-order valence-corrected chi connectivity index (χ1v) is 8.70. The minimum absolute atomic E-state index is 0.0833. The Morgan fingerprint density at radius 1 is 1.32 bits per heavy atom. The second-order valence-electron chi connectivity index (χ2n) is 5.85. The van der Waals surface area contributed by atoms with Gasteiger partial charge in [-0.2, -0.15) is 0 Å². The molecular formula is C19H17NO4S. The lowest BCUT2D eigenvalue weighted by Crippen LogP contribution is -2.13. The van der Waals surface area contributed by atoms with E-state index in [1.54, 1.807) is 31.2 Å². The molecule has 2 aromatic rings. The molecule has 1 aromatic heterocycles. The van der Waals surface area contributed by atoms with Crippen LogP contribution < -0.4 is 5.32 Å². The third-order valence-corrected chi connectivity index (χ3v) is 5.09. The molecule has 1 amide bonds. The van der Waals surface area contributed by atoms with Crippen molar-refractivity contribution in [3.05, 3.63) is 57.3 Å². The quantitative estimate of drug-likeness (QED) is 0.506. The van der Waals surface area contributed by atoms with Gasteiger partial charge in [0.05, 0.1) is 5.92 Å². The third kappa shape index (κ3) is 3.69. The first-order chi connectivity index (χ1) is 12.0.